The highest BCUT2D eigenvalue weighted by Gasteiger charge is 2.12. The summed E-state index contributed by atoms with van der Waals surface area (Å²) in [4.78, 5) is 18.0. The van der Waals surface area contributed by atoms with E-state index < -0.39 is 0 Å². The minimum atomic E-state index is -0.148. The first-order valence-electron chi connectivity index (χ1n) is 7.08. The van der Waals surface area contributed by atoms with Gasteiger partial charge in [0.15, 0.2) is 0 Å². The number of aromatic nitrogens is 1. The Morgan fingerprint density at radius 3 is 3.00 bits per heavy atom. The molecule has 21 heavy (non-hydrogen) atoms. The second-order valence-electron chi connectivity index (χ2n) is 4.99. The minimum Gasteiger partial charge on any atom is -0.377 e. The normalized spacial score (nSPS) is 12.1. The maximum absolute atomic E-state index is 12.1. The number of nitrogens with zero attached hydrogens (tertiary/aromatic N) is 2. The van der Waals surface area contributed by atoms with E-state index in [9.17, 15) is 4.79 Å². The molecule has 0 aliphatic rings. The van der Waals surface area contributed by atoms with Crippen LogP contribution in [0.25, 0.3) is 10.9 Å². The van der Waals surface area contributed by atoms with Gasteiger partial charge in [-0.3, -0.25) is 4.98 Å². The average Bonchev–Trinajstić information content (AvgIpc) is 2.47. The molecule has 2 rings (SSSR count). The van der Waals surface area contributed by atoms with E-state index >= 15 is 0 Å². The van der Waals surface area contributed by atoms with Gasteiger partial charge in [0.25, 0.3) is 0 Å². The lowest BCUT2D eigenvalue weighted by molar-refractivity contribution is 0.0594. The molecular weight excluding hydrogens is 266 g/mol. The van der Waals surface area contributed by atoms with E-state index in [0.29, 0.717) is 13.2 Å². The van der Waals surface area contributed by atoms with E-state index in [2.05, 4.69) is 10.3 Å². The van der Waals surface area contributed by atoms with E-state index in [1.54, 1.807) is 18.1 Å². The molecule has 5 nitrogen and oxygen atoms in total. The highest BCUT2D eigenvalue weighted by atomic mass is 16.5. The van der Waals surface area contributed by atoms with Crippen molar-refractivity contribution < 1.29 is 9.53 Å². The summed E-state index contributed by atoms with van der Waals surface area (Å²) in [6, 6.07) is 9.37. The van der Waals surface area contributed by atoms with Crippen LogP contribution in [0.4, 0.5) is 10.5 Å². The number of urea groups is 1. The summed E-state index contributed by atoms with van der Waals surface area (Å²) in [5, 5.41) is 3.89. The number of ether oxygens (including phenoxy) is 1. The van der Waals surface area contributed by atoms with E-state index in [1.165, 1.54) is 0 Å². The minimum absolute atomic E-state index is 0.0200. The molecule has 2 amide bonds. The van der Waals surface area contributed by atoms with Crippen LogP contribution in [0.15, 0.2) is 36.5 Å². The van der Waals surface area contributed by atoms with Gasteiger partial charge in [-0.2, -0.15) is 0 Å². The van der Waals surface area contributed by atoms with Crippen LogP contribution in [-0.4, -0.2) is 42.2 Å². The summed E-state index contributed by atoms with van der Waals surface area (Å²) in [6.45, 7) is 5.10. The van der Waals surface area contributed by atoms with Gasteiger partial charge in [-0.15, -0.1) is 0 Å². The molecule has 2 aromatic rings. The van der Waals surface area contributed by atoms with Crippen molar-refractivity contribution in [1.82, 2.24) is 9.88 Å². The molecule has 1 aromatic heterocycles. The van der Waals surface area contributed by atoms with Crippen LogP contribution in [0.3, 0.4) is 0 Å². The number of benzene rings is 1. The SMILES string of the molecule is CCOC(C)CN(C)C(=O)Nc1ccc2ncccc2c1. The molecule has 1 heterocycles. The van der Waals surface area contributed by atoms with Crippen molar-refractivity contribution in [3.05, 3.63) is 36.5 Å². The maximum atomic E-state index is 12.1. The Balaban J connectivity index is 2.00. The predicted molar refractivity (Wildman–Crippen MR) is 84.5 cm³/mol. The number of rotatable bonds is 5. The molecule has 0 aliphatic heterocycles. The van der Waals surface area contributed by atoms with Crippen molar-refractivity contribution in [2.45, 2.75) is 20.0 Å². The first-order valence-corrected chi connectivity index (χ1v) is 7.08. The van der Waals surface area contributed by atoms with Crippen LogP contribution >= 0.6 is 0 Å². The summed E-state index contributed by atoms with van der Waals surface area (Å²) in [5.74, 6) is 0. The van der Waals surface area contributed by atoms with Crippen LogP contribution in [0.5, 0.6) is 0 Å². The number of carbonyl (C=O) groups is 1. The first kappa shape index (κ1) is 15.3. The Hall–Kier alpha value is -2.14. The summed E-state index contributed by atoms with van der Waals surface area (Å²) < 4.78 is 5.44. The number of hydrogen-bond donors (Lipinski definition) is 1. The Morgan fingerprint density at radius 2 is 2.24 bits per heavy atom. The largest absolute Gasteiger partial charge is 0.377 e. The number of nitrogens with one attached hydrogen (secondary N) is 1. The summed E-state index contributed by atoms with van der Waals surface area (Å²) in [6.07, 6.45) is 1.77. The molecule has 112 valence electrons. The highest BCUT2D eigenvalue weighted by molar-refractivity contribution is 5.92. The smallest absolute Gasteiger partial charge is 0.321 e. The van der Waals surface area contributed by atoms with Crippen molar-refractivity contribution >= 4 is 22.6 Å². The van der Waals surface area contributed by atoms with Crippen molar-refractivity contribution in [2.75, 3.05) is 25.5 Å². The lowest BCUT2D eigenvalue weighted by atomic mass is 10.2. The third-order valence-corrected chi connectivity index (χ3v) is 3.18. The number of fused-ring (bicyclic) bond motifs is 1. The third kappa shape index (κ3) is 4.16. The second kappa shape index (κ2) is 7.04. The number of anilines is 1. The molecule has 0 bridgehead atoms. The summed E-state index contributed by atoms with van der Waals surface area (Å²) >= 11 is 0. The Kier molecular flexibility index (Phi) is 5.11. The number of likely N-dealkylation sites (N-methyl/N-ethyl adjacent to an activating group) is 1. The van der Waals surface area contributed by atoms with Crippen molar-refractivity contribution in [2.24, 2.45) is 0 Å². The van der Waals surface area contributed by atoms with Gasteiger partial charge in [0.2, 0.25) is 0 Å². The highest BCUT2D eigenvalue weighted by Crippen LogP contribution is 2.17. The van der Waals surface area contributed by atoms with Crippen LogP contribution in [0.2, 0.25) is 0 Å². The van der Waals surface area contributed by atoms with E-state index in [1.807, 2.05) is 44.2 Å². The van der Waals surface area contributed by atoms with Gasteiger partial charge in [0.1, 0.15) is 0 Å². The molecule has 0 saturated carbocycles. The number of hydrogen-bond acceptors (Lipinski definition) is 3. The van der Waals surface area contributed by atoms with E-state index in [-0.39, 0.29) is 12.1 Å². The summed E-state index contributed by atoms with van der Waals surface area (Å²) in [7, 11) is 1.76. The molecule has 5 heteroatoms. The Bertz CT molecular complexity index is 615. The second-order valence-corrected chi connectivity index (χ2v) is 4.99. The zero-order chi connectivity index (χ0) is 15.2. The fourth-order valence-corrected chi connectivity index (χ4v) is 2.18. The number of pyridine rings is 1. The Labute approximate surface area is 124 Å². The van der Waals surface area contributed by atoms with Crippen LogP contribution in [0.1, 0.15) is 13.8 Å². The van der Waals surface area contributed by atoms with Crippen molar-refractivity contribution in [3.8, 4) is 0 Å². The van der Waals surface area contributed by atoms with Gasteiger partial charge in [0, 0.05) is 37.5 Å². The van der Waals surface area contributed by atoms with Crippen molar-refractivity contribution in [1.29, 1.82) is 0 Å². The lowest BCUT2D eigenvalue weighted by Crippen LogP contribution is -2.37. The number of carbonyl (C=O) groups excluding carboxylic acids is 1. The van der Waals surface area contributed by atoms with Crippen LogP contribution in [-0.2, 0) is 4.74 Å². The molecule has 0 aliphatic carbocycles. The molecular formula is C16H21N3O2. The molecule has 0 radical (unpaired) electrons. The van der Waals surface area contributed by atoms with E-state index in [4.69, 9.17) is 4.74 Å². The van der Waals surface area contributed by atoms with Gasteiger partial charge in [-0.05, 0) is 38.1 Å². The van der Waals surface area contributed by atoms with Crippen LogP contribution in [0, 0.1) is 0 Å². The molecule has 1 N–H and O–H groups in total. The fourth-order valence-electron chi connectivity index (χ4n) is 2.18. The van der Waals surface area contributed by atoms with Gasteiger partial charge < -0.3 is 15.0 Å². The predicted octanol–water partition coefficient (Wildman–Crippen LogP) is 3.12. The molecule has 0 spiro atoms. The standard InChI is InChI=1S/C16H21N3O2/c1-4-21-12(2)11-19(3)16(20)18-14-7-8-15-13(10-14)6-5-9-17-15/h5-10,12H,4,11H2,1-3H3,(H,18,20). The van der Waals surface area contributed by atoms with Crippen LogP contribution < -0.4 is 5.32 Å². The Morgan fingerprint density at radius 1 is 1.43 bits per heavy atom. The maximum Gasteiger partial charge on any atom is 0.321 e. The van der Waals surface area contributed by atoms with Gasteiger partial charge in [0.05, 0.1) is 11.6 Å². The topological polar surface area (TPSA) is 54.5 Å². The zero-order valence-corrected chi connectivity index (χ0v) is 12.7. The van der Waals surface area contributed by atoms with Gasteiger partial charge in [-0.1, -0.05) is 6.07 Å². The average molecular weight is 287 g/mol. The molecule has 1 unspecified atom stereocenters. The van der Waals surface area contributed by atoms with E-state index in [0.717, 1.165) is 16.6 Å². The molecule has 0 fully saturated rings. The molecule has 1 aromatic carbocycles. The lowest BCUT2D eigenvalue weighted by Gasteiger charge is -2.22. The third-order valence-electron chi connectivity index (χ3n) is 3.18. The molecule has 0 saturated heterocycles. The number of amides is 2. The molecule has 1 atom stereocenters. The van der Waals surface area contributed by atoms with Gasteiger partial charge in [-0.25, -0.2) is 4.79 Å². The first-order chi connectivity index (χ1) is 10.1. The quantitative estimate of drug-likeness (QED) is 0.919. The van der Waals surface area contributed by atoms with Crippen molar-refractivity contribution in [3.63, 3.8) is 0 Å². The summed E-state index contributed by atoms with van der Waals surface area (Å²) in [5.41, 5.74) is 1.67. The fraction of sp³-hybridized carbons (Fsp3) is 0.375. The zero-order valence-electron chi connectivity index (χ0n) is 12.7. The van der Waals surface area contributed by atoms with Gasteiger partial charge >= 0.3 is 6.03 Å². The monoisotopic (exact) mass is 287 g/mol.